The van der Waals surface area contributed by atoms with Crippen molar-refractivity contribution in [2.75, 3.05) is 0 Å². The van der Waals surface area contributed by atoms with Crippen molar-refractivity contribution in [1.29, 1.82) is 0 Å². The van der Waals surface area contributed by atoms with E-state index in [1.165, 1.54) is 30.6 Å². The maximum absolute atomic E-state index is 11.0. The number of carbonyl (C=O) groups is 1. The van der Waals surface area contributed by atoms with Gasteiger partial charge in [0.1, 0.15) is 0 Å². The minimum Gasteiger partial charge on any atom is -0.366 e. The Kier molecular flexibility index (Phi) is 4.18. The molecule has 1 unspecified atom stereocenters. The highest BCUT2D eigenvalue weighted by Gasteiger charge is 2.24. The van der Waals surface area contributed by atoms with E-state index in [2.05, 4.69) is 12.2 Å². The van der Waals surface area contributed by atoms with Crippen molar-refractivity contribution in [1.82, 2.24) is 5.32 Å². The van der Waals surface area contributed by atoms with Crippen LogP contribution in [0.4, 0.5) is 0 Å². The summed E-state index contributed by atoms with van der Waals surface area (Å²) in [6, 6.07) is 2.51. The fourth-order valence-electron chi connectivity index (χ4n) is 2.00. The van der Waals surface area contributed by atoms with Crippen LogP contribution in [0.5, 0.6) is 0 Å². The first kappa shape index (κ1) is 12.6. The van der Waals surface area contributed by atoms with Gasteiger partial charge in [0.05, 0.1) is 5.56 Å². The summed E-state index contributed by atoms with van der Waals surface area (Å²) in [7, 11) is 0. The summed E-state index contributed by atoms with van der Waals surface area (Å²) in [5.74, 6) is 0.620. The summed E-state index contributed by atoms with van der Waals surface area (Å²) >= 11 is 1.60. The Balaban J connectivity index is 1.80. The molecular formula is C13H20N2OS. The largest absolute Gasteiger partial charge is 0.366 e. The van der Waals surface area contributed by atoms with Crippen LogP contribution >= 0.6 is 11.3 Å². The third kappa shape index (κ3) is 3.82. The van der Waals surface area contributed by atoms with Crippen LogP contribution in [0.15, 0.2) is 11.4 Å². The van der Waals surface area contributed by atoms with Crippen molar-refractivity contribution >= 4 is 17.2 Å². The lowest BCUT2D eigenvalue weighted by molar-refractivity contribution is 0.100. The van der Waals surface area contributed by atoms with Crippen molar-refractivity contribution in [3.63, 3.8) is 0 Å². The van der Waals surface area contributed by atoms with Gasteiger partial charge in [-0.3, -0.25) is 4.79 Å². The zero-order chi connectivity index (χ0) is 12.3. The predicted octanol–water partition coefficient (Wildman–Crippen LogP) is 2.52. The second-order valence-electron chi connectivity index (χ2n) is 4.83. The first-order chi connectivity index (χ1) is 8.19. The molecule has 1 atom stereocenters. The fraction of sp³-hybridized carbons (Fsp3) is 0.615. The highest BCUT2D eigenvalue weighted by atomic mass is 32.1. The molecule has 1 heterocycles. The van der Waals surface area contributed by atoms with Gasteiger partial charge >= 0.3 is 0 Å². The van der Waals surface area contributed by atoms with E-state index in [1.807, 2.05) is 11.4 Å². The molecule has 3 N–H and O–H groups in total. The van der Waals surface area contributed by atoms with E-state index in [0.29, 0.717) is 11.6 Å². The van der Waals surface area contributed by atoms with Crippen molar-refractivity contribution in [2.24, 2.45) is 11.7 Å². The molecule has 1 saturated carbocycles. The topological polar surface area (TPSA) is 55.1 Å². The quantitative estimate of drug-likeness (QED) is 0.783. The molecule has 0 radical (unpaired) electrons. The summed E-state index contributed by atoms with van der Waals surface area (Å²) in [6.45, 7) is 3.08. The first-order valence-electron chi connectivity index (χ1n) is 6.29. The van der Waals surface area contributed by atoms with E-state index in [0.717, 1.165) is 12.5 Å². The standard InChI is InChI=1S/C13H20N2OS/c1-2-11(5-9-3-4-9)15-7-12-6-10(8-17-12)13(14)16/h6,8-9,11,15H,2-5,7H2,1H3,(H2,14,16). The Morgan fingerprint density at radius 1 is 1.65 bits per heavy atom. The first-order valence-corrected chi connectivity index (χ1v) is 7.17. The molecule has 4 heteroatoms. The van der Waals surface area contributed by atoms with Crippen LogP contribution in [0.25, 0.3) is 0 Å². The Morgan fingerprint density at radius 3 is 2.94 bits per heavy atom. The summed E-state index contributed by atoms with van der Waals surface area (Å²) in [6.07, 6.45) is 5.28. The molecule has 0 aliphatic heterocycles. The van der Waals surface area contributed by atoms with Gasteiger partial charge in [-0.1, -0.05) is 19.8 Å². The molecule has 1 amide bonds. The van der Waals surface area contributed by atoms with Crippen molar-refractivity contribution in [2.45, 2.75) is 45.2 Å². The third-order valence-corrected chi connectivity index (χ3v) is 4.25. The van der Waals surface area contributed by atoms with Crippen molar-refractivity contribution in [3.05, 3.63) is 21.9 Å². The Morgan fingerprint density at radius 2 is 2.41 bits per heavy atom. The highest BCUT2D eigenvalue weighted by Crippen LogP contribution is 2.34. The summed E-state index contributed by atoms with van der Waals surface area (Å²) in [4.78, 5) is 12.2. The van der Waals surface area contributed by atoms with E-state index >= 15 is 0 Å². The van der Waals surface area contributed by atoms with Gasteiger partial charge in [-0.05, 0) is 24.8 Å². The lowest BCUT2D eigenvalue weighted by Crippen LogP contribution is -2.28. The average Bonchev–Trinajstić information content (AvgIpc) is 2.99. The number of rotatable bonds is 7. The van der Waals surface area contributed by atoms with Gasteiger partial charge in [0.15, 0.2) is 0 Å². The molecule has 1 fully saturated rings. The molecule has 3 nitrogen and oxygen atoms in total. The third-order valence-electron chi connectivity index (χ3n) is 3.31. The number of hydrogen-bond donors (Lipinski definition) is 2. The van der Waals surface area contributed by atoms with E-state index in [9.17, 15) is 4.79 Å². The second kappa shape index (κ2) is 5.65. The molecule has 94 valence electrons. The maximum Gasteiger partial charge on any atom is 0.249 e. The number of nitrogens with two attached hydrogens (primary N) is 1. The Bertz CT molecular complexity index is 385. The molecule has 1 aromatic rings. The lowest BCUT2D eigenvalue weighted by atomic mass is 10.1. The van der Waals surface area contributed by atoms with Crippen LogP contribution in [0, 0.1) is 5.92 Å². The molecule has 1 aliphatic rings. The van der Waals surface area contributed by atoms with Crippen LogP contribution in [0.2, 0.25) is 0 Å². The summed E-state index contributed by atoms with van der Waals surface area (Å²) in [5.41, 5.74) is 5.86. The van der Waals surface area contributed by atoms with Gasteiger partial charge in [0.2, 0.25) is 5.91 Å². The SMILES string of the molecule is CCC(CC1CC1)NCc1cc(C(N)=O)cs1. The monoisotopic (exact) mass is 252 g/mol. The van der Waals surface area contributed by atoms with Crippen LogP contribution in [0.3, 0.4) is 0 Å². The summed E-state index contributed by atoms with van der Waals surface area (Å²) < 4.78 is 0. The molecule has 2 rings (SSSR count). The number of nitrogens with one attached hydrogen (secondary N) is 1. The van der Waals surface area contributed by atoms with Crippen LogP contribution < -0.4 is 11.1 Å². The van der Waals surface area contributed by atoms with E-state index in [4.69, 9.17) is 5.73 Å². The molecule has 0 saturated heterocycles. The molecule has 0 bridgehead atoms. The Hall–Kier alpha value is -0.870. The molecule has 0 aromatic carbocycles. The van der Waals surface area contributed by atoms with Gasteiger partial charge in [-0.25, -0.2) is 0 Å². The number of thiophene rings is 1. The number of primary amides is 1. The summed E-state index contributed by atoms with van der Waals surface area (Å²) in [5, 5.41) is 5.40. The van der Waals surface area contributed by atoms with Gasteiger partial charge in [-0.15, -0.1) is 11.3 Å². The average molecular weight is 252 g/mol. The van der Waals surface area contributed by atoms with Gasteiger partial charge in [0.25, 0.3) is 0 Å². The zero-order valence-corrected chi connectivity index (χ0v) is 11.1. The number of carbonyl (C=O) groups excluding carboxylic acids is 1. The molecule has 1 aliphatic carbocycles. The molecule has 1 aromatic heterocycles. The minimum atomic E-state index is -0.336. The van der Waals surface area contributed by atoms with Crippen LogP contribution in [0.1, 0.15) is 47.8 Å². The van der Waals surface area contributed by atoms with Crippen molar-refractivity contribution < 1.29 is 4.79 Å². The number of amides is 1. The van der Waals surface area contributed by atoms with Gasteiger partial charge in [-0.2, -0.15) is 0 Å². The van der Waals surface area contributed by atoms with Gasteiger partial charge in [0, 0.05) is 22.8 Å². The normalized spacial score (nSPS) is 17.0. The van der Waals surface area contributed by atoms with E-state index in [-0.39, 0.29) is 5.91 Å². The van der Waals surface area contributed by atoms with Crippen molar-refractivity contribution in [3.8, 4) is 0 Å². The molecule has 17 heavy (non-hydrogen) atoms. The second-order valence-corrected chi connectivity index (χ2v) is 5.83. The maximum atomic E-state index is 11.0. The minimum absolute atomic E-state index is 0.336. The smallest absolute Gasteiger partial charge is 0.249 e. The number of hydrogen-bond acceptors (Lipinski definition) is 3. The highest BCUT2D eigenvalue weighted by molar-refractivity contribution is 7.10. The zero-order valence-electron chi connectivity index (χ0n) is 10.2. The van der Waals surface area contributed by atoms with E-state index < -0.39 is 0 Å². The van der Waals surface area contributed by atoms with Crippen LogP contribution in [-0.2, 0) is 6.54 Å². The van der Waals surface area contributed by atoms with Crippen LogP contribution in [-0.4, -0.2) is 11.9 Å². The lowest BCUT2D eigenvalue weighted by Gasteiger charge is -2.15. The van der Waals surface area contributed by atoms with Gasteiger partial charge < -0.3 is 11.1 Å². The Labute approximate surface area is 106 Å². The predicted molar refractivity (Wildman–Crippen MR) is 71.1 cm³/mol. The molecule has 0 spiro atoms. The van der Waals surface area contributed by atoms with E-state index in [1.54, 1.807) is 11.3 Å². The fourth-order valence-corrected chi connectivity index (χ4v) is 2.82. The molecular weight excluding hydrogens is 232 g/mol.